The number of hydrogen-bond donors (Lipinski definition) is 0. The fourth-order valence-electron chi connectivity index (χ4n) is 2.81. The molecule has 0 N–H and O–H groups in total. The molecule has 1 aliphatic carbocycles. The van der Waals surface area contributed by atoms with Gasteiger partial charge in [0, 0.05) is 12.4 Å². The minimum absolute atomic E-state index is 0.0450. The van der Waals surface area contributed by atoms with Crippen molar-refractivity contribution in [3.8, 4) is 0 Å². The van der Waals surface area contributed by atoms with Crippen molar-refractivity contribution in [3.05, 3.63) is 0 Å². The molecule has 0 aromatic carbocycles. The summed E-state index contributed by atoms with van der Waals surface area (Å²) in [4.78, 5) is 0. The van der Waals surface area contributed by atoms with Gasteiger partial charge in [-0.15, -0.1) is 0 Å². The molecule has 2 nitrogen and oxygen atoms in total. The maximum Gasteiger partial charge on any atom is 0.0788 e. The van der Waals surface area contributed by atoms with Crippen LogP contribution in [0.3, 0.4) is 0 Å². The fourth-order valence-corrected chi connectivity index (χ4v) is 3.50. The molecule has 0 amide bonds. The van der Waals surface area contributed by atoms with Gasteiger partial charge in [0.2, 0.25) is 0 Å². The predicted octanol–water partition coefficient (Wildman–Crippen LogP) is 4.02. The molecule has 0 aromatic heterocycles. The Morgan fingerprint density at radius 2 is 1.82 bits per heavy atom. The first-order valence-corrected chi connectivity index (χ1v) is 7.88. The van der Waals surface area contributed by atoms with Gasteiger partial charge >= 0.3 is 0 Å². The van der Waals surface area contributed by atoms with Crippen LogP contribution in [-0.4, -0.2) is 30.8 Å². The van der Waals surface area contributed by atoms with Gasteiger partial charge in [-0.25, -0.2) is 0 Å². The van der Waals surface area contributed by atoms with E-state index in [4.69, 9.17) is 9.47 Å². The van der Waals surface area contributed by atoms with Crippen molar-refractivity contribution in [2.75, 3.05) is 19.0 Å². The molecule has 0 spiro atoms. The van der Waals surface area contributed by atoms with Crippen LogP contribution in [0.5, 0.6) is 0 Å². The van der Waals surface area contributed by atoms with Crippen molar-refractivity contribution in [2.24, 2.45) is 11.8 Å². The van der Waals surface area contributed by atoms with E-state index >= 15 is 0 Å². The van der Waals surface area contributed by atoms with Gasteiger partial charge in [-0.2, -0.15) is 0 Å². The van der Waals surface area contributed by atoms with Gasteiger partial charge in [0.15, 0.2) is 0 Å². The average Bonchev–Trinajstić information content (AvgIpc) is 2.30. The molecule has 0 aromatic rings. The second-order valence-electron chi connectivity index (χ2n) is 5.78. The van der Waals surface area contributed by atoms with E-state index in [-0.39, 0.29) is 11.7 Å². The molecular weight excluding hydrogens is 280 g/mol. The van der Waals surface area contributed by atoms with Crippen molar-refractivity contribution in [2.45, 2.75) is 58.2 Å². The SMILES string of the molecule is COCC(C)OC1(CBr)CCC(C(C)C)CC1. The topological polar surface area (TPSA) is 18.5 Å². The first kappa shape index (κ1) is 15.5. The van der Waals surface area contributed by atoms with Crippen LogP contribution in [0.25, 0.3) is 0 Å². The molecule has 1 unspecified atom stereocenters. The highest BCUT2D eigenvalue weighted by Crippen LogP contribution is 2.39. The Morgan fingerprint density at radius 1 is 1.24 bits per heavy atom. The lowest BCUT2D eigenvalue weighted by molar-refractivity contribution is -0.117. The molecule has 0 bridgehead atoms. The predicted molar refractivity (Wildman–Crippen MR) is 75.7 cm³/mol. The van der Waals surface area contributed by atoms with E-state index in [0.717, 1.165) is 17.2 Å². The first-order chi connectivity index (χ1) is 8.03. The summed E-state index contributed by atoms with van der Waals surface area (Å²) in [6, 6.07) is 0. The average molecular weight is 307 g/mol. The van der Waals surface area contributed by atoms with Gasteiger partial charge in [0.05, 0.1) is 18.3 Å². The van der Waals surface area contributed by atoms with E-state index in [9.17, 15) is 0 Å². The van der Waals surface area contributed by atoms with Gasteiger partial charge in [-0.3, -0.25) is 0 Å². The molecule has 1 aliphatic rings. The minimum atomic E-state index is 0.0450. The van der Waals surface area contributed by atoms with Gasteiger partial charge in [0.1, 0.15) is 0 Å². The first-order valence-electron chi connectivity index (χ1n) is 6.75. The Labute approximate surface area is 115 Å². The van der Waals surface area contributed by atoms with Gasteiger partial charge in [-0.1, -0.05) is 29.8 Å². The lowest BCUT2D eigenvalue weighted by Gasteiger charge is -2.41. The Kier molecular flexibility index (Phi) is 6.46. The van der Waals surface area contributed by atoms with E-state index in [1.807, 2.05) is 0 Å². The largest absolute Gasteiger partial charge is 0.382 e. The van der Waals surface area contributed by atoms with Crippen LogP contribution in [0.15, 0.2) is 0 Å². The Hall–Kier alpha value is 0.400. The summed E-state index contributed by atoms with van der Waals surface area (Å²) in [5.41, 5.74) is 0.0450. The quantitative estimate of drug-likeness (QED) is 0.690. The Bertz CT molecular complexity index is 210. The van der Waals surface area contributed by atoms with Crippen molar-refractivity contribution < 1.29 is 9.47 Å². The standard InChI is InChI=1S/C14H27BrO2/c1-11(2)13-5-7-14(10-15,8-6-13)17-12(3)9-16-4/h11-13H,5-10H2,1-4H3. The van der Waals surface area contributed by atoms with Crippen LogP contribution in [0.1, 0.15) is 46.5 Å². The van der Waals surface area contributed by atoms with E-state index in [1.165, 1.54) is 25.7 Å². The van der Waals surface area contributed by atoms with Gasteiger partial charge < -0.3 is 9.47 Å². The second kappa shape index (κ2) is 7.10. The third-order valence-corrected chi connectivity index (χ3v) is 5.00. The van der Waals surface area contributed by atoms with Crippen LogP contribution in [0, 0.1) is 11.8 Å². The number of alkyl halides is 1. The van der Waals surface area contributed by atoms with Crippen LogP contribution in [-0.2, 0) is 9.47 Å². The molecular formula is C14H27BrO2. The van der Waals surface area contributed by atoms with Crippen LogP contribution < -0.4 is 0 Å². The van der Waals surface area contributed by atoms with Crippen LogP contribution in [0.4, 0.5) is 0 Å². The molecule has 1 atom stereocenters. The monoisotopic (exact) mass is 306 g/mol. The molecule has 3 heteroatoms. The van der Waals surface area contributed by atoms with Crippen molar-refractivity contribution >= 4 is 15.9 Å². The van der Waals surface area contributed by atoms with Crippen molar-refractivity contribution in [3.63, 3.8) is 0 Å². The Balaban J connectivity index is 2.49. The number of rotatable bonds is 6. The summed E-state index contributed by atoms with van der Waals surface area (Å²) in [5.74, 6) is 1.68. The summed E-state index contributed by atoms with van der Waals surface area (Å²) in [5, 5.41) is 0.943. The van der Waals surface area contributed by atoms with E-state index in [1.54, 1.807) is 7.11 Å². The summed E-state index contributed by atoms with van der Waals surface area (Å²) < 4.78 is 11.4. The third kappa shape index (κ3) is 4.53. The molecule has 1 saturated carbocycles. The normalized spacial score (nSPS) is 31.8. The lowest BCUT2D eigenvalue weighted by Crippen LogP contribution is -2.43. The van der Waals surface area contributed by atoms with Crippen LogP contribution in [0.2, 0.25) is 0 Å². The zero-order valence-corrected chi connectivity index (χ0v) is 13.3. The summed E-state index contributed by atoms with van der Waals surface area (Å²) in [6.45, 7) is 7.45. The summed E-state index contributed by atoms with van der Waals surface area (Å²) in [6.07, 6.45) is 5.13. The highest BCUT2D eigenvalue weighted by atomic mass is 79.9. The molecule has 1 fully saturated rings. The smallest absolute Gasteiger partial charge is 0.0788 e. The molecule has 0 saturated heterocycles. The number of ether oxygens (including phenoxy) is 2. The molecule has 0 radical (unpaired) electrons. The maximum absolute atomic E-state index is 6.22. The molecule has 17 heavy (non-hydrogen) atoms. The highest BCUT2D eigenvalue weighted by Gasteiger charge is 2.37. The molecule has 102 valence electrons. The number of hydrogen-bond acceptors (Lipinski definition) is 2. The maximum atomic E-state index is 6.22. The molecule has 0 aliphatic heterocycles. The van der Waals surface area contributed by atoms with Gasteiger partial charge in [-0.05, 0) is 44.4 Å². The summed E-state index contributed by atoms with van der Waals surface area (Å²) >= 11 is 3.64. The second-order valence-corrected chi connectivity index (χ2v) is 6.34. The van der Waals surface area contributed by atoms with Crippen molar-refractivity contribution in [1.82, 2.24) is 0 Å². The number of methoxy groups -OCH3 is 1. The van der Waals surface area contributed by atoms with E-state index < -0.39 is 0 Å². The van der Waals surface area contributed by atoms with Crippen molar-refractivity contribution in [1.29, 1.82) is 0 Å². The van der Waals surface area contributed by atoms with Crippen LogP contribution >= 0.6 is 15.9 Å². The number of halogens is 1. The third-order valence-electron chi connectivity index (χ3n) is 3.98. The lowest BCUT2D eigenvalue weighted by atomic mass is 9.75. The molecule has 0 heterocycles. The fraction of sp³-hybridized carbons (Fsp3) is 1.00. The zero-order chi connectivity index (χ0) is 12.9. The van der Waals surface area contributed by atoms with Gasteiger partial charge in [0.25, 0.3) is 0 Å². The van der Waals surface area contributed by atoms with E-state index in [0.29, 0.717) is 6.61 Å². The zero-order valence-electron chi connectivity index (χ0n) is 11.7. The highest BCUT2D eigenvalue weighted by molar-refractivity contribution is 9.09. The Morgan fingerprint density at radius 3 is 2.24 bits per heavy atom. The van der Waals surface area contributed by atoms with E-state index in [2.05, 4.69) is 36.7 Å². The summed E-state index contributed by atoms with van der Waals surface area (Å²) in [7, 11) is 1.73. The molecule has 1 rings (SSSR count). The minimum Gasteiger partial charge on any atom is -0.382 e.